The van der Waals surface area contributed by atoms with Gasteiger partial charge in [0.25, 0.3) is 0 Å². The summed E-state index contributed by atoms with van der Waals surface area (Å²) in [6.07, 6.45) is -0.716. The highest BCUT2D eigenvalue weighted by atomic mass is 32.1. The Labute approximate surface area is 128 Å². The molecule has 1 heterocycles. The Kier molecular flexibility index (Phi) is 5.35. The van der Waals surface area contributed by atoms with Crippen LogP contribution >= 0.6 is 11.3 Å². The molecule has 0 N–H and O–H groups in total. The normalized spacial score (nSPS) is 9.62. The second-order valence-electron chi connectivity index (χ2n) is 4.24. The second-order valence-corrected chi connectivity index (χ2v) is 5.36. The molecule has 0 saturated heterocycles. The van der Waals surface area contributed by atoms with Crippen LogP contribution < -0.4 is 4.74 Å². The first kappa shape index (κ1) is 15.1. The zero-order valence-electron chi connectivity index (χ0n) is 11.9. The molecule has 1 aromatic carbocycles. The smallest absolute Gasteiger partial charge is 0.437 e. The van der Waals surface area contributed by atoms with E-state index in [9.17, 15) is 4.79 Å². The zero-order valence-corrected chi connectivity index (χ0v) is 12.7. The number of hydrogen-bond acceptors (Lipinski definition) is 4. The molecule has 0 aliphatic heterocycles. The van der Waals surface area contributed by atoms with Gasteiger partial charge in [-0.3, -0.25) is 0 Å². The average Bonchev–Trinajstić information content (AvgIpc) is 2.60. The molecule has 1 aromatic heterocycles. The predicted octanol–water partition coefficient (Wildman–Crippen LogP) is 4.99. The first-order valence-electron chi connectivity index (χ1n) is 6.44. The Morgan fingerprint density at radius 3 is 2.43 bits per heavy atom. The molecule has 0 saturated carbocycles. The largest absolute Gasteiger partial charge is 0.513 e. The van der Waals surface area contributed by atoms with Crippen molar-refractivity contribution >= 4 is 17.5 Å². The lowest BCUT2D eigenvalue weighted by molar-refractivity contribution is 0.121. The van der Waals surface area contributed by atoms with Gasteiger partial charge in [0.1, 0.15) is 5.75 Å². The molecule has 108 valence electrons. The van der Waals surface area contributed by atoms with Crippen LogP contribution in [0, 0.1) is 6.92 Å². The zero-order chi connectivity index (χ0) is 15.1. The summed E-state index contributed by atoms with van der Waals surface area (Å²) in [6, 6.07) is 17.4. The highest BCUT2D eigenvalue weighted by Crippen LogP contribution is 2.26. The van der Waals surface area contributed by atoms with Crippen molar-refractivity contribution in [1.82, 2.24) is 0 Å². The van der Waals surface area contributed by atoms with Gasteiger partial charge in [0, 0.05) is 4.88 Å². The molecular formula is C17H16O3S. The third kappa shape index (κ3) is 4.33. The summed E-state index contributed by atoms with van der Waals surface area (Å²) in [7, 11) is 1.28. The van der Waals surface area contributed by atoms with E-state index in [1.54, 1.807) is 23.5 Å². The van der Waals surface area contributed by atoms with E-state index in [-0.39, 0.29) is 0 Å². The van der Waals surface area contributed by atoms with Crippen LogP contribution in [0.5, 0.6) is 5.75 Å². The minimum atomic E-state index is -0.716. The molecule has 0 spiro atoms. The van der Waals surface area contributed by atoms with Crippen LogP contribution in [0.1, 0.15) is 4.88 Å². The van der Waals surface area contributed by atoms with Gasteiger partial charge in [-0.1, -0.05) is 42.5 Å². The maximum absolute atomic E-state index is 11.1. The quantitative estimate of drug-likeness (QED) is 0.579. The Hall–Kier alpha value is -2.33. The summed E-state index contributed by atoms with van der Waals surface area (Å²) in [5.41, 5.74) is 2.21. The number of carbonyl (C=O) groups excluding carboxylic acids is 1. The maximum atomic E-state index is 11.1. The number of aryl methyl sites for hydroxylation is 1. The number of ether oxygens (including phenoxy) is 2. The van der Waals surface area contributed by atoms with Crippen molar-refractivity contribution in [3.8, 4) is 16.9 Å². The van der Waals surface area contributed by atoms with E-state index in [2.05, 4.69) is 17.7 Å². The van der Waals surface area contributed by atoms with Gasteiger partial charge in [0.05, 0.1) is 7.11 Å². The maximum Gasteiger partial charge on any atom is 0.513 e. The van der Waals surface area contributed by atoms with Crippen molar-refractivity contribution in [2.24, 2.45) is 0 Å². The van der Waals surface area contributed by atoms with Gasteiger partial charge in [0.2, 0.25) is 0 Å². The first-order chi connectivity index (χ1) is 10.2. The Balaban J connectivity index is 2.35. The Morgan fingerprint density at radius 2 is 1.71 bits per heavy atom. The summed E-state index contributed by atoms with van der Waals surface area (Å²) in [6.45, 7) is 2.08. The highest BCUT2D eigenvalue weighted by molar-refractivity contribution is 7.09. The molecule has 0 radical (unpaired) electrons. The van der Waals surface area contributed by atoms with E-state index in [4.69, 9.17) is 4.74 Å². The molecule has 2 rings (SSSR count). The van der Waals surface area contributed by atoms with Crippen molar-refractivity contribution in [3.05, 3.63) is 64.9 Å². The van der Waals surface area contributed by atoms with E-state index in [0.29, 0.717) is 5.75 Å². The number of methoxy groups -OCH3 is 1. The van der Waals surface area contributed by atoms with Gasteiger partial charge >= 0.3 is 6.16 Å². The van der Waals surface area contributed by atoms with Gasteiger partial charge in [-0.25, -0.2) is 4.79 Å². The standard InChI is InChI=1S/C17H16O3S/c1-13-16(7-5-3-4-6-12-21-13)14-8-10-15(11-9-14)20-17(18)19-2/h3-12H,1-2H3. The van der Waals surface area contributed by atoms with E-state index < -0.39 is 6.16 Å². The van der Waals surface area contributed by atoms with Gasteiger partial charge in [-0.2, -0.15) is 0 Å². The summed E-state index contributed by atoms with van der Waals surface area (Å²) < 4.78 is 9.44. The molecular weight excluding hydrogens is 284 g/mol. The van der Waals surface area contributed by atoms with Crippen molar-refractivity contribution < 1.29 is 14.3 Å². The third-order valence-electron chi connectivity index (χ3n) is 2.83. The second kappa shape index (κ2) is 7.45. The minimum absolute atomic E-state index is 0.461. The summed E-state index contributed by atoms with van der Waals surface area (Å²) in [5.74, 6) is 0.461. The molecule has 4 heteroatoms. The number of carbonyl (C=O) groups is 1. The van der Waals surface area contributed by atoms with Gasteiger partial charge in [0.15, 0.2) is 0 Å². The van der Waals surface area contributed by atoms with Crippen LogP contribution in [0.25, 0.3) is 11.1 Å². The molecule has 0 atom stereocenters. The number of hydrogen-bond donors (Lipinski definition) is 0. The summed E-state index contributed by atoms with van der Waals surface area (Å²) in [5, 5.41) is 2.05. The molecule has 21 heavy (non-hydrogen) atoms. The van der Waals surface area contributed by atoms with Crippen LogP contribution in [0.15, 0.2) is 60.0 Å². The van der Waals surface area contributed by atoms with Crippen molar-refractivity contribution in [3.63, 3.8) is 0 Å². The first-order valence-corrected chi connectivity index (χ1v) is 7.32. The Morgan fingerprint density at radius 1 is 1.00 bits per heavy atom. The van der Waals surface area contributed by atoms with Crippen molar-refractivity contribution in [2.75, 3.05) is 7.11 Å². The molecule has 0 bridgehead atoms. The van der Waals surface area contributed by atoms with Crippen LogP contribution in [0.4, 0.5) is 4.79 Å². The monoisotopic (exact) mass is 300 g/mol. The van der Waals surface area contributed by atoms with E-state index in [1.165, 1.54) is 12.0 Å². The fraction of sp³-hybridized carbons (Fsp3) is 0.118. The van der Waals surface area contributed by atoms with Gasteiger partial charge in [-0.05, 0) is 35.6 Å². The van der Waals surface area contributed by atoms with Crippen LogP contribution in [0.3, 0.4) is 0 Å². The molecule has 2 aromatic rings. The third-order valence-corrected chi connectivity index (χ3v) is 3.70. The topological polar surface area (TPSA) is 35.5 Å². The average molecular weight is 300 g/mol. The molecule has 0 amide bonds. The van der Waals surface area contributed by atoms with Crippen LogP contribution in [0.2, 0.25) is 0 Å². The lowest BCUT2D eigenvalue weighted by Gasteiger charge is -2.05. The van der Waals surface area contributed by atoms with E-state index >= 15 is 0 Å². The number of benzene rings is 1. The minimum Gasteiger partial charge on any atom is -0.437 e. The predicted molar refractivity (Wildman–Crippen MR) is 85.2 cm³/mol. The molecule has 0 aliphatic rings. The SMILES string of the molecule is COC(=O)Oc1ccc(-c2ccccccsc2C)cc1. The lowest BCUT2D eigenvalue weighted by atomic mass is 10.1. The fourth-order valence-corrected chi connectivity index (χ4v) is 2.47. The van der Waals surface area contributed by atoms with Crippen molar-refractivity contribution in [1.29, 1.82) is 0 Å². The summed E-state index contributed by atoms with van der Waals surface area (Å²) >= 11 is 1.68. The molecule has 3 nitrogen and oxygen atoms in total. The van der Waals surface area contributed by atoms with Crippen LogP contribution in [-0.4, -0.2) is 13.3 Å². The summed E-state index contributed by atoms with van der Waals surface area (Å²) in [4.78, 5) is 12.3. The van der Waals surface area contributed by atoms with Crippen molar-refractivity contribution in [2.45, 2.75) is 6.92 Å². The fourth-order valence-electron chi connectivity index (χ4n) is 1.79. The van der Waals surface area contributed by atoms with Gasteiger partial charge < -0.3 is 9.47 Å². The molecule has 0 unspecified atom stereocenters. The van der Waals surface area contributed by atoms with E-state index in [0.717, 1.165) is 11.1 Å². The number of rotatable bonds is 2. The highest BCUT2D eigenvalue weighted by Gasteiger charge is 2.04. The van der Waals surface area contributed by atoms with Gasteiger partial charge in [-0.15, -0.1) is 11.3 Å². The lowest BCUT2D eigenvalue weighted by Crippen LogP contribution is -2.06. The Bertz CT molecular complexity index is 658. The van der Waals surface area contributed by atoms with Crippen LogP contribution in [-0.2, 0) is 4.74 Å². The molecule has 0 fully saturated rings. The molecule has 0 aliphatic carbocycles. The van der Waals surface area contributed by atoms with E-state index in [1.807, 2.05) is 41.8 Å².